The number of hydrogen-bond acceptors (Lipinski definition) is 1. The molecule has 0 aliphatic carbocycles. The molecule has 0 atom stereocenters. The van der Waals surface area contributed by atoms with Crippen LogP contribution in [0, 0.1) is 0 Å². The van der Waals surface area contributed by atoms with E-state index in [9.17, 15) is 0 Å². The van der Waals surface area contributed by atoms with Crippen LogP contribution in [0.2, 0.25) is 0 Å². The molecule has 0 aliphatic rings. The van der Waals surface area contributed by atoms with Crippen molar-refractivity contribution < 1.29 is 5.11 Å². The Morgan fingerprint density at radius 3 is 1.80 bits per heavy atom. The van der Waals surface area contributed by atoms with Crippen LogP contribution >= 0.6 is 12.2 Å². The molecule has 0 fully saturated rings. The number of hydrogen-bond donors (Lipinski definition) is 2. The molecule has 0 bridgehead atoms. The van der Waals surface area contributed by atoms with Gasteiger partial charge in [0.25, 0.3) is 5.17 Å². The first-order valence-electron chi connectivity index (χ1n) is 0.716. The summed E-state index contributed by atoms with van der Waals surface area (Å²) in [7, 11) is 0. The Balaban J connectivity index is 0. The number of aliphatic hydroxyl groups is 1. The van der Waals surface area contributed by atoms with Crippen molar-refractivity contribution in [2.75, 3.05) is 0 Å². The van der Waals surface area contributed by atoms with Crippen LogP contribution in [0.25, 0.3) is 0 Å². The van der Waals surface area contributed by atoms with Crippen molar-refractivity contribution in [3.05, 3.63) is 0 Å². The van der Waals surface area contributed by atoms with E-state index in [-0.39, 0.29) is 23.7 Å². The van der Waals surface area contributed by atoms with E-state index >= 15 is 0 Å². The molecule has 2 nitrogen and oxygen atoms in total. The molecule has 0 rings (SSSR count). The van der Waals surface area contributed by atoms with Crippen LogP contribution in [0.5, 0.6) is 0 Å². The minimum atomic E-state index is -0.500. The van der Waals surface area contributed by atoms with E-state index < -0.39 is 5.17 Å². The van der Waals surface area contributed by atoms with Gasteiger partial charge in [0, 0.05) is 0 Å². The van der Waals surface area contributed by atoms with E-state index in [1.165, 1.54) is 0 Å². The second-order valence-electron chi connectivity index (χ2n) is 0.338. The first kappa shape index (κ1) is 9.08. The second-order valence-corrected chi connectivity index (χ2v) is 0.757. The van der Waals surface area contributed by atoms with Crippen molar-refractivity contribution in [3.8, 4) is 0 Å². The van der Waals surface area contributed by atoms with Gasteiger partial charge < -0.3 is 10.8 Å². The molecule has 0 spiro atoms. The topological polar surface area (TPSA) is 46.2 Å². The molecule has 0 radical (unpaired) electrons. The van der Waals surface area contributed by atoms with Crippen molar-refractivity contribution in [3.63, 3.8) is 0 Å². The predicted octanol–water partition coefficient (Wildman–Crippen LogP) is -1.13. The zero-order valence-corrected chi connectivity index (χ0v) is 6.10. The van der Waals surface area contributed by atoms with Crippen LogP contribution < -0.4 is 5.73 Å². The van der Waals surface area contributed by atoms with Crippen molar-refractivity contribution in [1.82, 2.24) is 0 Å². The molecule has 32 valence electrons. The van der Waals surface area contributed by atoms with Crippen molar-refractivity contribution in [1.29, 1.82) is 0 Å². The first-order chi connectivity index (χ1) is 1.73. The van der Waals surface area contributed by atoms with Crippen molar-refractivity contribution in [2.45, 2.75) is 0 Å². The monoisotopic (exact) mass is 209 g/mol. The molecule has 0 unspecified atom stereocenters. The van der Waals surface area contributed by atoms with Gasteiger partial charge in [-0.15, -0.1) is 0 Å². The minimum absolute atomic E-state index is 0. The van der Waals surface area contributed by atoms with E-state index in [4.69, 9.17) is 5.11 Å². The maximum absolute atomic E-state index is 7.56. The van der Waals surface area contributed by atoms with Crippen LogP contribution in [0.1, 0.15) is 0 Å². The van der Waals surface area contributed by atoms with Gasteiger partial charge in [-0.2, -0.15) is 0 Å². The summed E-state index contributed by atoms with van der Waals surface area (Å²) in [4.78, 5) is 0. The fourth-order valence-electron chi connectivity index (χ4n) is 0. The number of rotatable bonds is 0. The number of nitrogens with two attached hydrogens (primary N) is 1. The summed E-state index contributed by atoms with van der Waals surface area (Å²) in [6, 6.07) is 0. The van der Waals surface area contributed by atoms with Gasteiger partial charge in [0.05, 0.1) is 0 Å². The molecule has 3 N–H and O–H groups in total. The Labute approximate surface area is 52.1 Å². The molecule has 0 saturated carbocycles. The van der Waals surface area contributed by atoms with E-state index in [1.54, 1.807) is 0 Å². The molecule has 0 saturated heterocycles. The number of aliphatic hydroxyl groups excluding tert-OH is 1. The van der Waals surface area contributed by atoms with E-state index in [1.807, 2.05) is 0 Å². The van der Waals surface area contributed by atoms with Gasteiger partial charge in [0.1, 0.15) is 0 Å². The van der Waals surface area contributed by atoms with E-state index in [2.05, 4.69) is 18.0 Å². The fourth-order valence-corrected chi connectivity index (χ4v) is 0. The van der Waals surface area contributed by atoms with Crippen LogP contribution in [-0.2, 0) is 0 Å². The van der Waals surface area contributed by atoms with E-state index in [0.29, 0.717) is 0 Å². The average Bonchev–Trinajstić information content (AvgIpc) is 0.811. The summed E-state index contributed by atoms with van der Waals surface area (Å²) in [5.41, 5.74) is 4.40. The molecule has 5 heavy (non-hydrogen) atoms. The summed E-state index contributed by atoms with van der Waals surface area (Å²) in [6.07, 6.45) is 0. The molecule has 0 amide bonds. The molecule has 0 heterocycles. The summed E-state index contributed by atoms with van der Waals surface area (Å²) < 4.78 is 0. The molecule has 0 aliphatic heterocycles. The first-order valence-corrected chi connectivity index (χ1v) is 1.12. The molecule has 0 aromatic carbocycles. The van der Waals surface area contributed by atoms with Crippen LogP contribution in [0.4, 0.5) is 0 Å². The molecular formula is CH5NOSTe. The van der Waals surface area contributed by atoms with E-state index in [0.717, 1.165) is 0 Å². The van der Waals surface area contributed by atoms with Crippen LogP contribution in [0.15, 0.2) is 0 Å². The average molecular weight is 207 g/mol. The summed E-state index contributed by atoms with van der Waals surface area (Å²) in [5.74, 6) is 0. The Bertz CT molecular complexity index is 34.6. The Morgan fingerprint density at radius 2 is 1.80 bits per heavy atom. The van der Waals surface area contributed by atoms with Gasteiger partial charge >= 0.3 is 23.7 Å². The Morgan fingerprint density at radius 1 is 1.80 bits per heavy atom. The predicted molar refractivity (Wildman–Crippen MR) is 28.0 cm³/mol. The molecule has 0 aromatic heterocycles. The Hall–Kier alpha value is 0.480. The third-order valence-electron chi connectivity index (χ3n) is 0. The fraction of sp³-hybridized carbons (Fsp3) is 0. The third kappa shape index (κ3) is 120. The Kier molecular flexibility index (Phi) is 8.14. The number of thiocarbonyl (C=S) groups is 1. The zero-order chi connectivity index (χ0) is 3.58. The van der Waals surface area contributed by atoms with Gasteiger partial charge in [0.15, 0.2) is 0 Å². The SMILES string of the molecule is NC(O)=S.[TeH2]. The van der Waals surface area contributed by atoms with Crippen LogP contribution in [-0.4, -0.2) is 33.9 Å². The van der Waals surface area contributed by atoms with Gasteiger partial charge in [0.2, 0.25) is 0 Å². The standard InChI is InChI=1S/CH3NOS.H2Te/c2-1(3)4;/h(H3,2,3,4);1H2. The normalized spacial score (nSPS) is 4.80. The quantitative estimate of drug-likeness (QED) is 0.390. The van der Waals surface area contributed by atoms with Crippen molar-refractivity contribution in [2.24, 2.45) is 5.73 Å². The molecular weight excluding hydrogens is 202 g/mol. The second kappa shape index (κ2) is 4.48. The van der Waals surface area contributed by atoms with Gasteiger partial charge in [-0.25, -0.2) is 0 Å². The van der Waals surface area contributed by atoms with Gasteiger partial charge in [-0.05, 0) is 12.2 Å². The zero-order valence-electron chi connectivity index (χ0n) is 2.43. The maximum atomic E-state index is 7.56. The molecule has 4 heteroatoms. The van der Waals surface area contributed by atoms with Crippen molar-refractivity contribution >= 4 is 41.1 Å². The van der Waals surface area contributed by atoms with Crippen LogP contribution in [0.3, 0.4) is 0 Å². The van der Waals surface area contributed by atoms with Gasteiger partial charge in [-0.1, -0.05) is 0 Å². The summed E-state index contributed by atoms with van der Waals surface area (Å²) in [6.45, 7) is 0. The van der Waals surface area contributed by atoms with Gasteiger partial charge in [-0.3, -0.25) is 0 Å². The molecule has 0 aromatic rings. The third-order valence-corrected chi connectivity index (χ3v) is 0. The summed E-state index contributed by atoms with van der Waals surface area (Å²) >= 11 is 3.87. The summed E-state index contributed by atoms with van der Waals surface area (Å²) in [5, 5.41) is 7.06.